The number of imidazole rings is 1. The van der Waals surface area contributed by atoms with Gasteiger partial charge in [-0.25, -0.2) is 19.3 Å². The predicted molar refractivity (Wildman–Crippen MR) is 102 cm³/mol. The number of benzene rings is 1. The van der Waals surface area contributed by atoms with Crippen LogP contribution in [0.2, 0.25) is 0 Å². The van der Waals surface area contributed by atoms with Crippen LogP contribution in [0.5, 0.6) is 0 Å². The first-order valence-corrected chi connectivity index (χ1v) is 9.09. The highest BCUT2D eigenvalue weighted by molar-refractivity contribution is 5.58. The summed E-state index contributed by atoms with van der Waals surface area (Å²) in [5, 5.41) is 3.30. The van der Waals surface area contributed by atoms with Crippen molar-refractivity contribution in [1.82, 2.24) is 19.4 Å². The second-order valence-electron chi connectivity index (χ2n) is 6.75. The first-order valence-electron chi connectivity index (χ1n) is 9.09. The van der Waals surface area contributed by atoms with Crippen molar-refractivity contribution in [3.05, 3.63) is 78.0 Å². The van der Waals surface area contributed by atoms with Gasteiger partial charge in [-0.05, 0) is 42.5 Å². The average molecular weight is 359 g/mol. The average Bonchev–Trinajstić information content (AvgIpc) is 3.14. The maximum Gasteiger partial charge on any atom is 0.183 e. The number of fused-ring (bicyclic) bond motifs is 2. The number of hydrogen-bond donors (Lipinski definition) is 1. The number of pyridine rings is 1. The van der Waals surface area contributed by atoms with Crippen LogP contribution in [0.25, 0.3) is 17.2 Å². The molecule has 5 rings (SSSR count). The molecule has 0 spiro atoms. The van der Waals surface area contributed by atoms with E-state index in [2.05, 4.69) is 38.5 Å². The predicted octanol–water partition coefficient (Wildman–Crippen LogP) is 4.42. The molecule has 0 saturated carbocycles. The normalized spacial score (nSPS) is 16.3. The molecule has 0 bridgehead atoms. The van der Waals surface area contributed by atoms with Crippen LogP contribution >= 0.6 is 0 Å². The molecule has 1 aliphatic carbocycles. The fraction of sp³-hybridized carbons (Fsp3) is 0.190. The summed E-state index contributed by atoms with van der Waals surface area (Å²) in [6.45, 7) is 0. The SMILES string of the molecule is Fc1cnc(-c2cnc3ccccn23)nc1N[C@@H]1CCCc2ccccc21. The highest BCUT2D eigenvalue weighted by Gasteiger charge is 2.22. The van der Waals surface area contributed by atoms with E-state index in [1.165, 1.54) is 17.3 Å². The van der Waals surface area contributed by atoms with E-state index in [1.807, 2.05) is 34.9 Å². The zero-order chi connectivity index (χ0) is 18.2. The third-order valence-corrected chi connectivity index (χ3v) is 5.07. The van der Waals surface area contributed by atoms with Gasteiger partial charge < -0.3 is 5.32 Å². The topological polar surface area (TPSA) is 55.1 Å². The zero-order valence-electron chi connectivity index (χ0n) is 14.6. The molecular weight excluding hydrogens is 341 g/mol. The minimum Gasteiger partial charge on any atom is -0.361 e. The van der Waals surface area contributed by atoms with Crippen molar-refractivity contribution in [3.63, 3.8) is 0 Å². The molecule has 0 amide bonds. The van der Waals surface area contributed by atoms with E-state index in [-0.39, 0.29) is 11.9 Å². The molecule has 3 aromatic heterocycles. The van der Waals surface area contributed by atoms with Gasteiger partial charge in [0, 0.05) is 6.20 Å². The van der Waals surface area contributed by atoms with Gasteiger partial charge in [0.05, 0.1) is 18.4 Å². The third kappa shape index (κ3) is 2.83. The highest BCUT2D eigenvalue weighted by Crippen LogP contribution is 2.32. The lowest BCUT2D eigenvalue weighted by Gasteiger charge is -2.27. The number of halogens is 1. The molecule has 5 nitrogen and oxygen atoms in total. The summed E-state index contributed by atoms with van der Waals surface area (Å²) in [7, 11) is 0. The molecule has 1 aliphatic rings. The smallest absolute Gasteiger partial charge is 0.183 e. The maximum absolute atomic E-state index is 14.4. The van der Waals surface area contributed by atoms with Gasteiger partial charge in [-0.15, -0.1) is 0 Å². The van der Waals surface area contributed by atoms with Crippen LogP contribution < -0.4 is 5.32 Å². The highest BCUT2D eigenvalue weighted by atomic mass is 19.1. The number of nitrogens with one attached hydrogen (secondary N) is 1. The lowest BCUT2D eigenvalue weighted by molar-refractivity contribution is 0.579. The van der Waals surface area contributed by atoms with Gasteiger partial charge in [-0.1, -0.05) is 30.3 Å². The van der Waals surface area contributed by atoms with E-state index >= 15 is 0 Å². The molecule has 1 aromatic carbocycles. The van der Waals surface area contributed by atoms with Crippen LogP contribution in [0.3, 0.4) is 0 Å². The molecule has 6 heteroatoms. The van der Waals surface area contributed by atoms with Crippen molar-refractivity contribution in [2.45, 2.75) is 25.3 Å². The Morgan fingerprint density at radius 2 is 1.93 bits per heavy atom. The molecule has 0 saturated heterocycles. The van der Waals surface area contributed by atoms with Crippen molar-refractivity contribution in [2.24, 2.45) is 0 Å². The Bertz CT molecular complexity index is 1120. The number of hydrogen-bond acceptors (Lipinski definition) is 4. The number of nitrogens with zero attached hydrogens (tertiary/aromatic N) is 4. The summed E-state index contributed by atoms with van der Waals surface area (Å²) in [6.07, 6.45) is 7.92. The summed E-state index contributed by atoms with van der Waals surface area (Å²) in [5.41, 5.74) is 4.07. The second-order valence-corrected chi connectivity index (χ2v) is 6.75. The standard InChI is InChI=1S/C21H18FN5/c22-16-12-24-21(18-13-23-19-10-3-4-11-27(18)19)26-20(16)25-17-9-5-7-14-6-1-2-8-15(14)17/h1-4,6,8,10-13,17H,5,7,9H2,(H,24,25,26)/t17-/m1/s1. The molecule has 27 heavy (non-hydrogen) atoms. The molecular formula is C21H18FN5. The monoisotopic (exact) mass is 359 g/mol. The third-order valence-electron chi connectivity index (χ3n) is 5.07. The van der Waals surface area contributed by atoms with Gasteiger partial charge in [-0.3, -0.25) is 4.40 Å². The van der Waals surface area contributed by atoms with Crippen molar-refractivity contribution < 1.29 is 4.39 Å². The van der Waals surface area contributed by atoms with E-state index in [1.54, 1.807) is 6.20 Å². The molecule has 1 N–H and O–H groups in total. The maximum atomic E-state index is 14.4. The van der Waals surface area contributed by atoms with Gasteiger partial charge in [0.2, 0.25) is 0 Å². The van der Waals surface area contributed by atoms with Crippen LogP contribution in [0.4, 0.5) is 10.2 Å². The van der Waals surface area contributed by atoms with Crippen LogP contribution in [0, 0.1) is 5.82 Å². The van der Waals surface area contributed by atoms with E-state index < -0.39 is 5.82 Å². The summed E-state index contributed by atoms with van der Waals surface area (Å²) < 4.78 is 16.3. The number of rotatable bonds is 3. The van der Waals surface area contributed by atoms with E-state index in [0.29, 0.717) is 5.82 Å². The van der Waals surface area contributed by atoms with Gasteiger partial charge in [-0.2, -0.15) is 0 Å². The minimum absolute atomic E-state index is 0.0504. The molecule has 1 atom stereocenters. The first kappa shape index (κ1) is 15.9. The minimum atomic E-state index is -0.448. The Balaban J connectivity index is 1.52. The Kier molecular flexibility index (Phi) is 3.81. The van der Waals surface area contributed by atoms with E-state index in [9.17, 15) is 4.39 Å². The first-order chi connectivity index (χ1) is 13.3. The van der Waals surface area contributed by atoms with Crippen molar-refractivity contribution in [1.29, 1.82) is 0 Å². The van der Waals surface area contributed by atoms with Crippen LogP contribution in [0.15, 0.2) is 61.1 Å². The second kappa shape index (κ2) is 6.46. The zero-order valence-corrected chi connectivity index (χ0v) is 14.6. The fourth-order valence-electron chi connectivity index (χ4n) is 3.76. The van der Waals surface area contributed by atoms with Crippen molar-refractivity contribution >= 4 is 11.5 Å². The Morgan fingerprint density at radius 3 is 2.89 bits per heavy atom. The van der Waals surface area contributed by atoms with Crippen LogP contribution in [-0.2, 0) is 6.42 Å². The number of anilines is 1. The van der Waals surface area contributed by atoms with Gasteiger partial charge in [0.25, 0.3) is 0 Å². The van der Waals surface area contributed by atoms with Crippen LogP contribution in [-0.4, -0.2) is 19.4 Å². The lowest BCUT2D eigenvalue weighted by atomic mass is 9.88. The number of aryl methyl sites for hydroxylation is 1. The van der Waals surface area contributed by atoms with E-state index in [4.69, 9.17) is 0 Å². The molecule has 4 aromatic rings. The summed E-state index contributed by atoms with van der Waals surface area (Å²) in [4.78, 5) is 13.0. The molecule has 0 aliphatic heterocycles. The quantitative estimate of drug-likeness (QED) is 0.588. The fourth-order valence-corrected chi connectivity index (χ4v) is 3.76. The summed E-state index contributed by atoms with van der Waals surface area (Å²) in [5.74, 6) is 0.227. The Hall–Kier alpha value is -3.28. The number of aromatic nitrogens is 4. The molecule has 0 radical (unpaired) electrons. The summed E-state index contributed by atoms with van der Waals surface area (Å²) >= 11 is 0. The molecule has 3 heterocycles. The summed E-state index contributed by atoms with van der Waals surface area (Å²) in [6, 6.07) is 14.1. The van der Waals surface area contributed by atoms with E-state index in [0.717, 1.165) is 30.6 Å². The Labute approximate surface area is 155 Å². The Morgan fingerprint density at radius 1 is 1.04 bits per heavy atom. The molecule has 134 valence electrons. The van der Waals surface area contributed by atoms with Gasteiger partial charge in [0.1, 0.15) is 11.3 Å². The molecule has 0 fully saturated rings. The lowest BCUT2D eigenvalue weighted by Crippen LogP contribution is -2.19. The van der Waals surface area contributed by atoms with Crippen molar-refractivity contribution in [3.8, 4) is 11.5 Å². The van der Waals surface area contributed by atoms with Crippen molar-refractivity contribution in [2.75, 3.05) is 5.32 Å². The van der Waals surface area contributed by atoms with Gasteiger partial charge >= 0.3 is 0 Å². The molecule has 0 unspecified atom stereocenters. The largest absolute Gasteiger partial charge is 0.361 e. The van der Waals surface area contributed by atoms with Gasteiger partial charge in [0.15, 0.2) is 17.5 Å². The van der Waals surface area contributed by atoms with Crippen LogP contribution in [0.1, 0.15) is 30.0 Å².